The van der Waals surface area contributed by atoms with Gasteiger partial charge in [0.05, 0.1) is 17.4 Å². The number of hydrogen-bond donors (Lipinski definition) is 1. The van der Waals surface area contributed by atoms with Crippen molar-refractivity contribution in [2.45, 2.75) is 86.5 Å². The molecule has 1 aliphatic heterocycles. The minimum atomic E-state index is -2.35. The van der Waals surface area contributed by atoms with E-state index in [1.807, 2.05) is 65.1 Å². The van der Waals surface area contributed by atoms with Crippen molar-refractivity contribution in [2.75, 3.05) is 12.4 Å². The van der Waals surface area contributed by atoms with Crippen molar-refractivity contribution >= 4 is 28.6 Å². The fourth-order valence-corrected chi connectivity index (χ4v) is 4.39. The number of carbonyl (C=O) groups is 1. The van der Waals surface area contributed by atoms with Crippen molar-refractivity contribution in [2.24, 2.45) is 10.4 Å². The van der Waals surface area contributed by atoms with Gasteiger partial charge in [0, 0.05) is 43.7 Å². The molecule has 5 rings (SSSR count). The van der Waals surface area contributed by atoms with E-state index in [2.05, 4.69) is 27.3 Å². The SMILES string of the molecule is CC.CC.CC(=O)C1(C)CCC1.CNc1ncc2c(-c3ccc4c(c3)C(CC(F)F)C(C)=N4)ccn2n1.[HH]. The highest BCUT2D eigenvalue weighted by Crippen LogP contribution is 2.42. The van der Waals surface area contributed by atoms with Gasteiger partial charge < -0.3 is 5.32 Å². The molecule has 2 aliphatic rings. The standard InChI is InChI=1S/C18H17F2N5.C7H12O.2C2H6.H2/c1-10-13(8-17(19)20)14-7-11(3-4-15(14)23-10)12-5-6-25-16(12)9-22-18(21-2)24-25;1-6(8)7(2)4-3-5-7;2*1-2;/h3-7,9,13,17H,8H2,1-2H3,(H,21,24);3-5H2,1-2H3;2*1-2H3;1H. The molecule has 1 aromatic carbocycles. The Morgan fingerprint density at radius 1 is 1.22 bits per heavy atom. The number of benzene rings is 1. The summed E-state index contributed by atoms with van der Waals surface area (Å²) in [6, 6.07) is 7.77. The molecule has 0 spiro atoms. The van der Waals surface area contributed by atoms with E-state index in [9.17, 15) is 13.6 Å². The van der Waals surface area contributed by atoms with E-state index in [4.69, 9.17) is 0 Å². The molecule has 1 aliphatic carbocycles. The van der Waals surface area contributed by atoms with Crippen LogP contribution in [0.15, 0.2) is 41.7 Å². The van der Waals surface area contributed by atoms with Crippen LogP contribution >= 0.6 is 0 Å². The number of carbonyl (C=O) groups excluding carboxylic acids is 1. The third kappa shape index (κ3) is 6.79. The minimum absolute atomic E-state index is 0. The Labute approximate surface area is 221 Å². The number of fused-ring (bicyclic) bond motifs is 2. The number of halogens is 2. The molecule has 3 heterocycles. The number of Topliss-reactive ketones (excluding diaryl/α,β-unsaturated/α-hetero) is 1. The fourth-order valence-electron chi connectivity index (χ4n) is 4.39. The second kappa shape index (κ2) is 13.4. The van der Waals surface area contributed by atoms with Crippen molar-refractivity contribution < 1.29 is 15.0 Å². The summed E-state index contributed by atoms with van der Waals surface area (Å²) in [6.45, 7) is 13.6. The summed E-state index contributed by atoms with van der Waals surface area (Å²) in [7, 11) is 1.76. The first-order chi connectivity index (χ1) is 17.7. The second-order valence-electron chi connectivity index (χ2n) is 9.07. The van der Waals surface area contributed by atoms with Crippen LogP contribution < -0.4 is 5.32 Å². The molecule has 2 aromatic heterocycles. The highest BCUT2D eigenvalue weighted by molar-refractivity contribution is 5.97. The number of nitrogens with one attached hydrogen (secondary N) is 1. The van der Waals surface area contributed by atoms with Crippen molar-refractivity contribution in [3.05, 3.63) is 42.2 Å². The predicted molar refractivity (Wildman–Crippen MR) is 152 cm³/mol. The zero-order valence-corrected chi connectivity index (χ0v) is 23.4. The predicted octanol–water partition coefficient (Wildman–Crippen LogP) is 8.35. The number of alkyl halides is 2. The van der Waals surface area contributed by atoms with Crippen LogP contribution in [-0.2, 0) is 4.79 Å². The molecule has 1 unspecified atom stereocenters. The average Bonchev–Trinajstić information content (AvgIpc) is 3.44. The van der Waals surface area contributed by atoms with E-state index < -0.39 is 6.43 Å². The molecular formula is C29H43F2N5O. The number of rotatable bonds is 5. The molecule has 0 saturated heterocycles. The van der Waals surface area contributed by atoms with Gasteiger partial charge in [-0.25, -0.2) is 18.3 Å². The highest BCUT2D eigenvalue weighted by atomic mass is 19.3. The average molecular weight is 516 g/mol. The summed E-state index contributed by atoms with van der Waals surface area (Å²) in [6.07, 6.45) is 4.53. The molecule has 1 N–H and O–H groups in total. The number of hydrogen-bond acceptors (Lipinski definition) is 5. The summed E-state index contributed by atoms with van der Waals surface area (Å²) in [5.74, 6) is 0.573. The van der Waals surface area contributed by atoms with E-state index in [0.717, 1.165) is 46.4 Å². The zero-order chi connectivity index (χ0) is 27.8. The van der Waals surface area contributed by atoms with Crippen LogP contribution in [0.2, 0.25) is 0 Å². The van der Waals surface area contributed by atoms with Crippen LogP contribution in [0.1, 0.15) is 87.1 Å². The second-order valence-corrected chi connectivity index (χ2v) is 9.07. The van der Waals surface area contributed by atoms with E-state index in [1.54, 1.807) is 24.7 Å². The van der Waals surface area contributed by atoms with Crippen LogP contribution in [0.25, 0.3) is 16.6 Å². The number of aliphatic imine (C=N–C) groups is 1. The number of aromatic nitrogens is 3. The van der Waals surface area contributed by atoms with Gasteiger partial charge in [0.15, 0.2) is 0 Å². The smallest absolute Gasteiger partial charge is 0.240 e. The van der Waals surface area contributed by atoms with Gasteiger partial charge >= 0.3 is 0 Å². The quantitative estimate of drug-likeness (QED) is 0.371. The molecule has 1 fully saturated rings. The van der Waals surface area contributed by atoms with E-state index in [1.165, 1.54) is 6.42 Å². The number of anilines is 1. The van der Waals surface area contributed by atoms with Crippen LogP contribution in [0.4, 0.5) is 20.4 Å². The molecule has 0 amide bonds. The first-order valence-electron chi connectivity index (χ1n) is 13.2. The maximum atomic E-state index is 12.9. The minimum Gasteiger partial charge on any atom is -0.356 e. The third-order valence-electron chi connectivity index (χ3n) is 6.88. The Hall–Kier alpha value is -3.16. The van der Waals surface area contributed by atoms with E-state index in [0.29, 0.717) is 11.7 Å². The Morgan fingerprint density at radius 3 is 2.41 bits per heavy atom. The molecule has 0 radical (unpaired) electrons. The first-order valence-corrected chi connectivity index (χ1v) is 13.2. The summed E-state index contributed by atoms with van der Waals surface area (Å²) in [5, 5.41) is 7.25. The highest BCUT2D eigenvalue weighted by Gasteiger charge is 2.35. The van der Waals surface area contributed by atoms with Gasteiger partial charge in [-0.15, -0.1) is 5.10 Å². The lowest BCUT2D eigenvalue weighted by Crippen LogP contribution is -2.32. The molecule has 1 atom stereocenters. The van der Waals surface area contributed by atoms with Crippen molar-refractivity contribution in [3.8, 4) is 11.1 Å². The third-order valence-corrected chi connectivity index (χ3v) is 6.88. The normalized spacial score (nSPS) is 16.6. The van der Waals surface area contributed by atoms with Gasteiger partial charge in [0.2, 0.25) is 12.4 Å². The zero-order valence-electron chi connectivity index (χ0n) is 23.4. The molecule has 0 bridgehead atoms. The van der Waals surface area contributed by atoms with E-state index >= 15 is 0 Å². The summed E-state index contributed by atoms with van der Waals surface area (Å²) >= 11 is 0. The van der Waals surface area contributed by atoms with Crippen LogP contribution in [0, 0.1) is 5.41 Å². The molecule has 204 valence electrons. The van der Waals surface area contributed by atoms with Gasteiger partial charge in [0.25, 0.3) is 0 Å². The maximum Gasteiger partial charge on any atom is 0.240 e. The van der Waals surface area contributed by atoms with Crippen molar-refractivity contribution in [1.82, 2.24) is 14.6 Å². The molecule has 6 nitrogen and oxygen atoms in total. The number of ketones is 1. The first kappa shape index (κ1) is 30.1. The summed E-state index contributed by atoms with van der Waals surface area (Å²) in [4.78, 5) is 19.4. The lowest BCUT2D eigenvalue weighted by Gasteiger charge is -2.35. The Kier molecular flexibility index (Phi) is 10.9. The Morgan fingerprint density at radius 2 is 1.89 bits per heavy atom. The van der Waals surface area contributed by atoms with Gasteiger partial charge in [-0.05, 0) is 56.0 Å². The summed E-state index contributed by atoms with van der Waals surface area (Å²) in [5.41, 5.74) is 5.25. The molecular weight excluding hydrogens is 472 g/mol. The Bertz CT molecular complexity index is 1220. The maximum absolute atomic E-state index is 12.9. The summed E-state index contributed by atoms with van der Waals surface area (Å²) < 4.78 is 27.6. The van der Waals surface area contributed by atoms with Crippen molar-refractivity contribution in [1.29, 1.82) is 0 Å². The van der Waals surface area contributed by atoms with Crippen LogP contribution in [0.5, 0.6) is 0 Å². The molecule has 1 saturated carbocycles. The van der Waals surface area contributed by atoms with Gasteiger partial charge in [-0.2, -0.15) is 0 Å². The number of nitrogens with zero attached hydrogens (tertiary/aromatic N) is 4. The lowest BCUT2D eigenvalue weighted by atomic mass is 9.68. The van der Waals surface area contributed by atoms with Crippen LogP contribution in [0.3, 0.4) is 0 Å². The monoisotopic (exact) mass is 515 g/mol. The molecule has 37 heavy (non-hydrogen) atoms. The van der Waals surface area contributed by atoms with Gasteiger partial charge in [-0.1, -0.05) is 47.1 Å². The van der Waals surface area contributed by atoms with Gasteiger partial charge in [0.1, 0.15) is 5.78 Å². The van der Waals surface area contributed by atoms with Gasteiger partial charge in [-0.3, -0.25) is 9.79 Å². The van der Waals surface area contributed by atoms with Crippen molar-refractivity contribution in [3.63, 3.8) is 0 Å². The van der Waals surface area contributed by atoms with Crippen LogP contribution in [-0.4, -0.2) is 39.6 Å². The lowest BCUT2D eigenvalue weighted by molar-refractivity contribution is -0.129. The largest absolute Gasteiger partial charge is 0.356 e. The molecule has 8 heteroatoms. The van der Waals surface area contributed by atoms with E-state index in [-0.39, 0.29) is 19.2 Å². The fraction of sp³-hybridized carbons (Fsp3) is 0.517. The molecule has 3 aromatic rings. The topological polar surface area (TPSA) is 71.7 Å². The Balaban J connectivity index is 0.000000470.